The zero-order valence-corrected chi connectivity index (χ0v) is 8.44. The van der Waals surface area contributed by atoms with Crippen molar-refractivity contribution in [3.63, 3.8) is 0 Å². The predicted octanol–water partition coefficient (Wildman–Crippen LogP) is 0.613. The lowest BCUT2D eigenvalue weighted by Crippen LogP contribution is -1.91. The van der Waals surface area contributed by atoms with Gasteiger partial charge in [0.1, 0.15) is 0 Å². The Hall–Kier alpha value is 0.680. The molecule has 0 aliphatic heterocycles. The first-order valence-corrected chi connectivity index (χ1v) is 6.40. The predicted molar refractivity (Wildman–Crippen MR) is 41.4 cm³/mol. The van der Waals surface area contributed by atoms with Crippen molar-refractivity contribution in [2.45, 2.75) is 0 Å². The summed E-state index contributed by atoms with van der Waals surface area (Å²) in [5.41, 5.74) is 0. The summed E-state index contributed by atoms with van der Waals surface area (Å²) in [7, 11) is -2.23. The zero-order valence-electron chi connectivity index (χ0n) is 5.83. The zero-order chi connectivity index (χ0) is 9.12. The van der Waals surface area contributed by atoms with Gasteiger partial charge in [0.15, 0.2) is 0 Å². The molecule has 2 atom stereocenters. The molecule has 68 valence electrons. The van der Waals surface area contributed by atoms with Gasteiger partial charge in [0.05, 0.1) is 0 Å². The van der Waals surface area contributed by atoms with Crippen LogP contribution < -0.4 is 0 Å². The van der Waals surface area contributed by atoms with Gasteiger partial charge in [-0.15, -0.1) is 0 Å². The van der Waals surface area contributed by atoms with Crippen LogP contribution in [0.2, 0.25) is 0 Å². The number of hydrogen-bond donors (Lipinski definition) is 2. The molecule has 0 aromatic carbocycles. The SMILES string of the molecule is COP(=O)(O)OP(O)(=S)OC. The van der Waals surface area contributed by atoms with Crippen LogP contribution in [-0.2, 0) is 29.7 Å². The average Bonchev–Trinajstić information content (AvgIpc) is 1.86. The van der Waals surface area contributed by atoms with Crippen LogP contribution in [0.5, 0.6) is 0 Å². The van der Waals surface area contributed by atoms with E-state index in [1.54, 1.807) is 0 Å². The van der Waals surface area contributed by atoms with Crippen LogP contribution >= 0.6 is 14.5 Å². The molecule has 0 heterocycles. The summed E-state index contributed by atoms with van der Waals surface area (Å²) in [6.07, 6.45) is 0. The summed E-state index contributed by atoms with van der Waals surface area (Å²) in [6.45, 7) is -3.62. The number of phosphoric acid groups is 1. The van der Waals surface area contributed by atoms with Gasteiger partial charge in [0, 0.05) is 14.2 Å². The van der Waals surface area contributed by atoms with Crippen LogP contribution in [0.25, 0.3) is 0 Å². The minimum atomic E-state index is -4.24. The third-order valence-corrected chi connectivity index (χ3v) is 4.29. The topological polar surface area (TPSA) is 85.2 Å². The Morgan fingerprint density at radius 1 is 1.27 bits per heavy atom. The molecule has 9 heteroatoms. The molecule has 0 saturated carbocycles. The molecular formula is C2H8O6P2S. The maximum absolute atomic E-state index is 10.6. The van der Waals surface area contributed by atoms with Crippen LogP contribution in [0.15, 0.2) is 0 Å². The monoisotopic (exact) mass is 222 g/mol. The molecule has 0 amide bonds. The Morgan fingerprint density at radius 3 is 2.00 bits per heavy atom. The molecule has 0 aliphatic rings. The van der Waals surface area contributed by atoms with Crippen molar-refractivity contribution < 1.29 is 27.7 Å². The third kappa shape index (κ3) is 5.00. The second-order valence-electron chi connectivity index (χ2n) is 1.38. The van der Waals surface area contributed by atoms with Crippen molar-refractivity contribution in [2.24, 2.45) is 0 Å². The molecule has 0 saturated heterocycles. The van der Waals surface area contributed by atoms with Gasteiger partial charge in [-0.3, -0.25) is 4.52 Å². The van der Waals surface area contributed by atoms with Crippen LogP contribution in [0.4, 0.5) is 0 Å². The van der Waals surface area contributed by atoms with Crippen LogP contribution in [0.1, 0.15) is 0 Å². The Kier molecular flexibility index (Phi) is 4.32. The first-order chi connectivity index (χ1) is 4.83. The highest BCUT2D eigenvalue weighted by Crippen LogP contribution is 2.59. The highest BCUT2D eigenvalue weighted by atomic mass is 32.5. The molecule has 0 spiro atoms. The fraction of sp³-hybridized carbons (Fsp3) is 1.00. The minimum Gasteiger partial charge on any atom is -0.324 e. The van der Waals surface area contributed by atoms with Gasteiger partial charge in [-0.05, 0) is 11.8 Å². The Morgan fingerprint density at radius 2 is 1.73 bits per heavy atom. The van der Waals surface area contributed by atoms with E-state index >= 15 is 0 Å². The second kappa shape index (κ2) is 4.07. The van der Waals surface area contributed by atoms with E-state index in [1.807, 2.05) is 0 Å². The van der Waals surface area contributed by atoms with Crippen molar-refractivity contribution in [3.05, 3.63) is 0 Å². The van der Waals surface area contributed by atoms with E-state index in [-0.39, 0.29) is 0 Å². The summed E-state index contributed by atoms with van der Waals surface area (Å²) in [5, 5.41) is 0. The van der Waals surface area contributed by atoms with Crippen molar-refractivity contribution in [1.82, 2.24) is 0 Å². The van der Waals surface area contributed by atoms with Gasteiger partial charge in [-0.2, -0.15) is 0 Å². The molecule has 0 aliphatic carbocycles. The van der Waals surface area contributed by atoms with Crippen molar-refractivity contribution in [1.29, 1.82) is 0 Å². The van der Waals surface area contributed by atoms with Gasteiger partial charge in [0.25, 0.3) is 0 Å². The Balaban J connectivity index is 4.26. The summed E-state index contributed by atoms with van der Waals surface area (Å²) in [5.74, 6) is 0. The van der Waals surface area contributed by atoms with Gasteiger partial charge in [0.2, 0.25) is 0 Å². The van der Waals surface area contributed by atoms with Crippen LogP contribution in [0, 0.1) is 0 Å². The van der Waals surface area contributed by atoms with E-state index in [1.165, 1.54) is 0 Å². The third-order valence-electron chi connectivity index (χ3n) is 0.668. The lowest BCUT2D eigenvalue weighted by molar-refractivity contribution is 0.217. The largest absolute Gasteiger partial charge is 0.479 e. The lowest BCUT2D eigenvalue weighted by Gasteiger charge is -2.14. The quantitative estimate of drug-likeness (QED) is 0.674. The fourth-order valence-electron chi connectivity index (χ4n) is 0.197. The van der Waals surface area contributed by atoms with Gasteiger partial charge < -0.3 is 14.3 Å². The highest BCUT2D eigenvalue weighted by Gasteiger charge is 2.28. The van der Waals surface area contributed by atoms with Crippen LogP contribution in [0.3, 0.4) is 0 Å². The van der Waals surface area contributed by atoms with E-state index in [9.17, 15) is 4.57 Å². The van der Waals surface area contributed by atoms with Crippen molar-refractivity contribution in [2.75, 3.05) is 14.2 Å². The van der Waals surface area contributed by atoms with E-state index in [0.29, 0.717) is 0 Å². The molecule has 2 unspecified atom stereocenters. The number of phosphoric ester groups is 1. The second-order valence-corrected chi connectivity index (χ2v) is 6.03. The maximum atomic E-state index is 10.6. The van der Waals surface area contributed by atoms with E-state index < -0.39 is 14.5 Å². The molecule has 2 N–H and O–H groups in total. The van der Waals surface area contributed by atoms with Crippen molar-refractivity contribution >= 4 is 26.3 Å². The van der Waals surface area contributed by atoms with Gasteiger partial charge in [-0.1, -0.05) is 0 Å². The first kappa shape index (κ1) is 11.7. The smallest absolute Gasteiger partial charge is 0.324 e. The van der Waals surface area contributed by atoms with Gasteiger partial charge in [-0.25, -0.2) is 8.88 Å². The van der Waals surface area contributed by atoms with E-state index in [0.717, 1.165) is 14.2 Å². The normalized spacial score (nSPS) is 22.2. The summed E-state index contributed by atoms with van der Waals surface area (Å²) < 4.78 is 22.9. The number of hydrogen-bond acceptors (Lipinski definition) is 5. The molecule has 0 bridgehead atoms. The maximum Gasteiger partial charge on any atom is 0.479 e. The highest BCUT2D eigenvalue weighted by molar-refractivity contribution is 8.08. The van der Waals surface area contributed by atoms with E-state index in [2.05, 4.69) is 25.2 Å². The van der Waals surface area contributed by atoms with Crippen LogP contribution in [-0.4, -0.2) is 24.0 Å². The molecule has 6 nitrogen and oxygen atoms in total. The average molecular weight is 222 g/mol. The lowest BCUT2D eigenvalue weighted by atomic mass is 11.8. The molecule has 0 aromatic heterocycles. The van der Waals surface area contributed by atoms with E-state index in [4.69, 9.17) is 9.79 Å². The summed E-state index contributed by atoms with van der Waals surface area (Å²) >= 11 is 4.27. The van der Waals surface area contributed by atoms with Gasteiger partial charge >= 0.3 is 14.5 Å². The molecule has 0 fully saturated rings. The Bertz CT molecular complexity index is 193. The summed E-state index contributed by atoms with van der Waals surface area (Å²) in [4.78, 5) is 17.5. The summed E-state index contributed by atoms with van der Waals surface area (Å²) in [6, 6.07) is 0. The Labute approximate surface area is 69.0 Å². The number of rotatable bonds is 4. The molecular weight excluding hydrogens is 214 g/mol. The first-order valence-electron chi connectivity index (χ1n) is 2.31. The molecule has 11 heavy (non-hydrogen) atoms. The van der Waals surface area contributed by atoms with Crippen molar-refractivity contribution in [3.8, 4) is 0 Å². The molecule has 0 radical (unpaired) electrons. The minimum absolute atomic E-state index is 0.950. The molecule has 0 aromatic rings. The molecule has 0 rings (SSSR count). The standard InChI is InChI=1S/C2H8O6P2S/c1-6-9(3,4)8-10(5,11)7-2/h1-2H3,(H,3,4)(H,5,11). The fourth-order valence-corrected chi connectivity index (χ4v) is 2.53.